The molecule has 0 radical (unpaired) electrons. The molecule has 1 aromatic rings. The molecule has 0 aliphatic heterocycles. The molecule has 19 heavy (non-hydrogen) atoms. The second-order valence-corrected chi connectivity index (χ2v) is 5.13. The molecule has 6 heteroatoms. The van der Waals surface area contributed by atoms with Crippen molar-refractivity contribution in [1.29, 1.82) is 0 Å². The number of aliphatic carboxylic acids is 1. The van der Waals surface area contributed by atoms with E-state index in [4.69, 9.17) is 9.84 Å². The number of halogens is 1. The lowest BCUT2D eigenvalue weighted by atomic mass is 10.1. The van der Waals surface area contributed by atoms with Gasteiger partial charge in [-0.25, -0.2) is 0 Å². The van der Waals surface area contributed by atoms with E-state index in [1.807, 2.05) is 0 Å². The maximum absolute atomic E-state index is 12.2. The molecule has 5 nitrogen and oxygen atoms in total. The van der Waals surface area contributed by atoms with Crippen LogP contribution in [0.25, 0.3) is 0 Å². The summed E-state index contributed by atoms with van der Waals surface area (Å²) in [5, 5.41) is 8.73. The first kappa shape index (κ1) is 15.5. The fourth-order valence-electron chi connectivity index (χ4n) is 1.72. The summed E-state index contributed by atoms with van der Waals surface area (Å²) in [7, 11) is 3.12. The average Bonchev–Trinajstić information content (AvgIpc) is 2.36. The third-order valence-electron chi connectivity index (χ3n) is 2.74. The molecule has 104 valence electrons. The van der Waals surface area contributed by atoms with Crippen LogP contribution in [0, 0.1) is 5.92 Å². The summed E-state index contributed by atoms with van der Waals surface area (Å²) in [6.07, 6.45) is -0.195. The molecular weight excluding hydrogens is 314 g/mol. The van der Waals surface area contributed by atoms with E-state index >= 15 is 0 Å². The van der Waals surface area contributed by atoms with Crippen molar-refractivity contribution in [2.75, 3.05) is 19.1 Å². The van der Waals surface area contributed by atoms with Crippen LogP contribution in [0.1, 0.15) is 13.3 Å². The van der Waals surface area contributed by atoms with Gasteiger partial charge in [0, 0.05) is 17.4 Å². The molecule has 1 amide bonds. The van der Waals surface area contributed by atoms with Gasteiger partial charge in [0.1, 0.15) is 5.75 Å². The number of benzene rings is 1. The maximum Gasteiger partial charge on any atom is 0.304 e. The fraction of sp³-hybridized carbons (Fsp3) is 0.385. The van der Waals surface area contributed by atoms with Crippen molar-refractivity contribution < 1.29 is 19.4 Å². The van der Waals surface area contributed by atoms with Crippen LogP contribution >= 0.6 is 15.9 Å². The first-order chi connectivity index (χ1) is 8.86. The van der Waals surface area contributed by atoms with Gasteiger partial charge in [0.2, 0.25) is 5.91 Å². The van der Waals surface area contributed by atoms with Crippen LogP contribution in [0.2, 0.25) is 0 Å². The highest BCUT2D eigenvalue weighted by atomic mass is 79.9. The molecule has 0 aliphatic rings. The lowest BCUT2D eigenvalue weighted by Gasteiger charge is -2.23. The van der Waals surface area contributed by atoms with Gasteiger partial charge in [0.15, 0.2) is 0 Å². The maximum atomic E-state index is 12.2. The van der Waals surface area contributed by atoms with Gasteiger partial charge in [-0.1, -0.05) is 22.9 Å². The van der Waals surface area contributed by atoms with E-state index in [1.165, 1.54) is 12.0 Å². The van der Waals surface area contributed by atoms with Crippen molar-refractivity contribution in [3.8, 4) is 5.75 Å². The topological polar surface area (TPSA) is 66.8 Å². The largest absolute Gasteiger partial charge is 0.495 e. The number of methoxy groups -OCH3 is 1. The number of carboxylic acids is 1. The molecule has 1 atom stereocenters. The number of carbonyl (C=O) groups is 2. The predicted molar refractivity (Wildman–Crippen MR) is 75.5 cm³/mol. The molecule has 0 aliphatic carbocycles. The minimum atomic E-state index is -0.990. The summed E-state index contributed by atoms with van der Waals surface area (Å²) in [4.78, 5) is 24.2. The zero-order valence-electron chi connectivity index (χ0n) is 11.0. The molecule has 1 rings (SSSR count). The molecular formula is C13H16BrNO4. The molecule has 1 N–H and O–H groups in total. The van der Waals surface area contributed by atoms with Gasteiger partial charge in [0.05, 0.1) is 19.2 Å². The quantitative estimate of drug-likeness (QED) is 0.901. The van der Waals surface area contributed by atoms with E-state index in [1.54, 1.807) is 32.2 Å². The van der Waals surface area contributed by atoms with Crippen molar-refractivity contribution in [3.05, 3.63) is 22.7 Å². The van der Waals surface area contributed by atoms with Crippen molar-refractivity contribution >= 4 is 33.5 Å². The minimum absolute atomic E-state index is 0.195. The van der Waals surface area contributed by atoms with Crippen LogP contribution in [0.3, 0.4) is 0 Å². The Morgan fingerprint density at radius 1 is 1.47 bits per heavy atom. The highest BCUT2D eigenvalue weighted by molar-refractivity contribution is 9.10. The number of carbonyl (C=O) groups excluding carboxylic acids is 1. The second kappa shape index (κ2) is 6.56. The van der Waals surface area contributed by atoms with E-state index in [9.17, 15) is 9.59 Å². The Hall–Kier alpha value is -1.56. The van der Waals surface area contributed by atoms with Crippen LogP contribution in [-0.2, 0) is 9.59 Å². The summed E-state index contributed by atoms with van der Waals surface area (Å²) in [5.74, 6) is -1.29. The van der Waals surface area contributed by atoms with Crippen molar-refractivity contribution in [2.24, 2.45) is 5.92 Å². The predicted octanol–water partition coefficient (Wildman–Crippen LogP) is 2.53. The SMILES string of the molecule is COc1ccc(Br)cc1N(C)C(=O)C(C)CC(=O)O. The van der Waals surface area contributed by atoms with Gasteiger partial charge in [-0.15, -0.1) is 0 Å². The molecule has 1 unspecified atom stereocenters. The molecule has 1 aromatic carbocycles. The first-order valence-corrected chi connectivity index (χ1v) is 6.49. The monoisotopic (exact) mass is 329 g/mol. The Morgan fingerprint density at radius 2 is 2.11 bits per heavy atom. The first-order valence-electron chi connectivity index (χ1n) is 5.69. The van der Waals surface area contributed by atoms with Crippen molar-refractivity contribution in [2.45, 2.75) is 13.3 Å². The Labute approximate surface area is 120 Å². The summed E-state index contributed by atoms with van der Waals surface area (Å²) in [6.45, 7) is 1.59. The van der Waals surface area contributed by atoms with Gasteiger partial charge < -0.3 is 14.7 Å². The Bertz CT molecular complexity index is 490. The fourth-order valence-corrected chi connectivity index (χ4v) is 2.07. The number of hydrogen-bond acceptors (Lipinski definition) is 3. The Morgan fingerprint density at radius 3 is 2.63 bits per heavy atom. The smallest absolute Gasteiger partial charge is 0.304 e. The molecule has 0 saturated carbocycles. The van der Waals surface area contributed by atoms with Gasteiger partial charge >= 0.3 is 5.97 Å². The highest BCUT2D eigenvalue weighted by Gasteiger charge is 2.23. The van der Waals surface area contributed by atoms with E-state index in [2.05, 4.69) is 15.9 Å². The number of amides is 1. The van der Waals surface area contributed by atoms with Crippen LogP contribution in [0.4, 0.5) is 5.69 Å². The lowest BCUT2D eigenvalue weighted by molar-refractivity contribution is -0.140. The van der Waals surface area contributed by atoms with Crippen LogP contribution in [-0.4, -0.2) is 31.1 Å². The molecule has 0 spiro atoms. The van der Waals surface area contributed by atoms with Crippen LogP contribution < -0.4 is 9.64 Å². The average molecular weight is 330 g/mol. The number of rotatable bonds is 5. The molecule has 0 aromatic heterocycles. The molecule has 0 saturated heterocycles. The minimum Gasteiger partial charge on any atom is -0.495 e. The third-order valence-corrected chi connectivity index (χ3v) is 3.23. The number of anilines is 1. The van der Waals surface area contributed by atoms with Gasteiger partial charge in [-0.3, -0.25) is 9.59 Å². The van der Waals surface area contributed by atoms with E-state index in [-0.39, 0.29) is 12.3 Å². The normalized spacial score (nSPS) is 11.8. The summed E-state index contributed by atoms with van der Waals surface area (Å²) in [5.41, 5.74) is 0.596. The molecule has 0 bridgehead atoms. The van der Waals surface area contributed by atoms with Crippen molar-refractivity contribution in [1.82, 2.24) is 0 Å². The van der Waals surface area contributed by atoms with Gasteiger partial charge in [0.25, 0.3) is 0 Å². The van der Waals surface area contributed by atoms with E-state index in [0.29, 0.717) is 11.4 Å². The van der Waals surface area contributed by atoms with Crippen molar-refractivity contribution in [3.63, 3.8) is 0 Å². The zero-order chi connectivity index (χ0) is 14.6. The number of hydrogen-bond donors (Lipinski definition) is 1. The van der Waals surface area contributed by atoms with E-state index < -0.39 is 11.9 Å². The number of ether oxygens (including phenoxy) is 1. The van der Waals surface area contributed by atoms with Crippen LogP contribution in [0.5, 0.6) is 5.75 Å². The second-order valence-electron chi connectivity index (χ2n) is 4.21. The summed E-state index contributed by atoms with van der Waals surface area (Å²) >= 11 is 3.33. The van der Waals surface area contributed by atoms with Gasteiger partial charge in [-0.2, -0.15) is 0 Å². The molecule has 0 fully saturated rings. The Balaban J connectivity index is 2.99. The number of carboxylic acid groups (broad SMARTS) is 1. The molecule has 0 heterocycles. The standard InChI is InChI=1S/C13H16BrNO4/c1-8(6-12(16)17)13(18)15(2)10-7-9(14)4-5-11(10)19-3/h4-5,7-8H,6H2,1-3H3,(H,16,17). The van der Waals surface area contributed by atoms with Gasteiger partial charge in [-0.05, 0) is 18.2 Å². The zero-order valence-corrected chi connectivity index (χ0v) is 12.6. The number of nitrogens with zero attached hydrogens (tertiary/aromatic N) is 1. The summed E-state index contributed by atoms with van der Waals surface area (Å²) < 4.78 is 6.02. The lowest BCUT2D eigenvalue weighted by Crippen LogP contribution is -2.32. The van der Waals surface area contributed by atoms with Crippen LogP contribution in [0.15, 0.2) is 22.7 Å². The highest BCUT2D eigenvalue weighted by Crippen LogP contribution is 2.31. The summed E-state index contributed by atoms with van der Waals surface area (Å²) in [6, 6.07) is 5.30. The Kier molecular flexibility index (Phi) is 5.35. The van der Waals surface area contributed by atoms with E-state index in [0.717, 1.165) is 4.47 Å². The third kappa shape index (κ3) is 3.96.